The zero-order valence-electron chi connectivity index (χ0n) is 23.2. The number of rotatable bonds is 10. The minimum atomic E-state index is 0.747. The highest BCUT2D eigenvalue weighted by Crippen LogP contribution is 2.19. The SMILES string of the molecule is CCCCOc1ccc(C#Cc2ccc(N=Nc3ccc(C#Cc4ccc(OCCCC)cc4)cc3)cc2)cc1. The Morgan fingerprint density at radius 1 is 0.450 bits per heavy atom. The van der Waals surface area contributed by atoms with Gasteiger partial charge >= 0.3 is 0 Å². The summed E-state index contributed by atoms with van der Waals surface area (Å²) >= 11 is 0. The van der Waals surface area contributed by atoms with Crippen molar-refractivity contribution in [3.63, 3.8) is 0 Å². The molecule has 4 nitrogen and oxygen atoms in total. The number of hydrogen-bond acceptors (Lipinski definition) is 4. The van der Waals surface area contributed by atoms with Crippen LogP contribution < -0.4 is 9.47 Å². The molecule has 0 fully saturated rings. The monoisotopic (exact) mass is 526 g/mol. The first-order valence-electron chi connectivity index (χ1n) is 13.8. The van der Waals surface area contributed by atoms with Crippen molar-refractivity contribution in [2.75, 3.05) is 13.2 Å². The van der Waals surface area contributed by atoms with Crippen molar-refractivity contribution in [1.82, 2.24) is 0 Å². The molecule has 0 amide bonds. The lowest BCUT2D eigenvalue weighted by atomic mass is 10.1. The highest BCUT2D eigenvalue weighted by molar-refractivity contribution is 5.50. The van der Waals surface area contributed by atoms with E-state index in [0.717, 1.165) is 84.0 Å². The van der Waals surface area contributed by atoms with Crippen molar-refractivity contribution in [3.05, 3.63) is 119 Å². The fourth-order valence-corrected chi connectivity index (χ4v) is 3.56. The number of benzene rings is 4. The summed E-state index contributed by atoms with van der Waals surface area (Å²) in [5.74, 6) is 14.5. The third-order valence-corrected chi connectivity index (χ3v) is 5.96. The summed E-state index contributed by atoms with van der Waals surface area (Å²) in [5.41, 5.74) is 5.28. The molecule has 0 aromatic heterocycles. The second-order valence-corrected chi connectivity index (χ2v) is 9.25. The van der Waals surface area contributed by atoms with Crippen LogP contribution in [0.3, 0.4) is 0 Å². The van der Waals surface area contributed by atoms with Gasteiger partial charge in [-0.3, -0.25) is 0 Å². The zero-order chi connectivity index (χ0) is 27.8. The Morgan fingerprint density at radius 3 is 1.05 bits per heavy atom. The Kier molecular flexibility index (Phi) is 11.0. The molecule has 200 valence electrons. The molecular formula is C36H34N2O2. The lowest BCUT2D eigenvalue weighted by Crippen LogP contribution is -1.95. The molecule has 0 radical (unpaired) electrons. The van der Waals surface area contributed by atoms with E-state index in [9.17, 15) is 0 Å². The van der Waals surface area contributed by atoms with Gasteiger partial charge in [0.1, 0.15) is 11.5 Å². The average Bonchev–Trinajstić information content (AvgIpc) is 3.00. The van der Waals surface area contributed by atoms with Crippen LogP contribution in [0.1, 0.15) is 61.8 Å². The smallest absolute Gasteiger partial charge is 0.119 e. The largest absolute Gasteiger partial charge is 0.494 e. The number of hydrogen-bond donors (Lipinski definition) is 0. The summed E-state index contributed by atoms with van der Waals surface area (Å²) in [4.78, 5) is 0. The average molecular weight is 527 g/mol. The second kappa shape index (κ2) is 15.6. The zero-order valence-corrected chi connectivity index (χ0v) is 23.2. The summed E-state index contributed by atoms with van der Waals surface area (Å²) in [6.45, 7) is 5.80. The first-order chi connectivity index (χ1) is 19.7. The Bertz CT molecular complexity index is 1360. The lowest BCUT2D eigenvalue weighted by molar-refractivity contribution is 0.309. The first-order valence-corrected chi connectivity index (χ1v) is 13.8. The van der Waals surface area contributed by atoms with Gasteiger partial charge in [-0.2, -0.15) is 10.2 Å². The molecule has 40 heavy (non-hydrogen) atoms. The summed E-state index contributed by atoms with van der Waals surface area (Å²) in [6.07, 6.45) is 4.37. The molecule has 0 heterocycles. The number of azo groups is 1. The molecule has 0 bridgehead atoms. The van der Waals surface area contributed by atoms with Crippen molar-refractivity contribution in [3.8, 4) is 35.2 Å². The van der Waals surface area contributed by atoms with Crippen molar-refractivity contribution in [2.45, 2.75) is 39.5 Å². The topological polar surface area (TPSA) is 43.2 Å². The van der Waals surface area contributed by atoms with Crippen LogP contribution in [-0.2, 0) is 0 Å². The Hall–Kier alpha value is -4.80. The molecule has 0 saturated heterocycles. The van der Waals surface area contributed by atoms with E-state index < -0.39 is 0 Å². The van der Waals surface area contributed by atoms with E-state index in [2.05, 4.69) is 47.8 Å². The molecule has 0 atom stereocenters. The molecule has 0 N–H and O–H groups in total. The van der Waals surface area contributed by atoms with Crippen LogP contribution in [0.2, 0.25) is 0 Å². The minimum Gasteiger partial charge on any atom is -0.494 e. The molecule has 0 saturated carbocycles. The normalized spacial score (nSPS) is 10.3. The lowest BCUT2D eigenvalue weighted by Gasteiger charge is -2.04. The number of unbranched alkanes of at least 4 members (excludes halogenated alkanes) is 2. The van der Waals surface area contributed by atoms with E-state index in [1.807, 2.05) is 97.1 Å². The molecule has 0 aliphatic rings. The predicted octanol–water partition coefficient (Wildman–Crippen LogP) is 9.26. The van der Waals surface area contributed by atoms with Crippen LogP contribution in [0.5, 0.6) is 11.5 Å². The third kappa shape index (κ3) is 9.50. The molecule has 4 rings (SSSR count). The summed E-state index contributed by atoms with van der Waals surface area (Å²) < 4.78 is 11.4. The molecule has 4 aromatic carbocycles. The van der Waals surface area contributed by atoms with Crippen LogP contribution in [0.25, 0.3) is 0 Å². The van der Waals surface area contributed by atoms with Crippen LogP contribution >= 0.6 is 0 Å². The van der Waals surface area contributed by atoms with Gasteiger partial charge in [-0.05, 0) is 110 Å². The quantitative estimate of drug-likeness (QED) is 0.117. The molecule has 4 heteroatoms. The fraction of sp³-hybridized carbons (Fsp3) is 0.222. The Morgan fingerprint density at radius 2 is 0.750 bits per heavy atom. The van der Waals surface area contributed by atoms with Crippen LogP contribution in [0.4, 0.5) is 11.4 Å². The van der Waals surface area contributed by atoms with Crippen molar-refractivity contribution < 1.29 is 9.47 Å². The van der Waals surface area contributed by atoms with E-state index in [1.165, 1.54) is 0 Å². The van der Waals surface area contributed by atoms with Gasteiger partial charge in [0.2, 0.25) is 0 Å². The van der Waals surface area contributed by atoms with Crippen LogP contribution in [-0.4, -0.2) is 13.2 Å². The van der Waals surface area contributed by atoms with Gasteiger partial charge in [-0.15, -0.1) is 0 Å². The van der Waals surface area contributed by atoms with Crippen molar-refractivity contribution in [1.29, 1.82) is 0 Å². The standard InChI is InChI=1S/C36H34N2O2/c1-3-5-27-39-35-23-15-31(16-24-35)9-7-29-11-19-33(20-12-29)37-38-34-21-13-30(14-22-34)8-10-32-17-25-36(26-18-32)40-28-6-4-2/h11-26H,3-6,27-28H2,1-2H3. The first kappa shape index (κ1) is 28.2. The van der Waals surface area contributed by atoms with Gasteiger partial charge < -0.3 is 9.47 Å². The Labute approximate surface area is 238 Å². The van der Waals surface area contributed by atoms with Gasteiger partial charge in [0.25, 0.3) is 0 Å². The van der Waals surface area contributed by atoms with E-state index >= 15 is 0 Å². The summed E-state index contributed by atoms with van der Waals surface area (Å²) in [6, 6.07) is 31.2. The second-order valence-electron chi connectivity index (χ2n) is 9.25. The van der Waals surface area contributed by atoms with E-state index in [1.54, 1.807) is 0 Å². The van der Waals surface area contributed by atoms with E-state index in [0.29, 0.717) is 0 Å². The molecule has 0 aliphatic carbocycles. The van der Waals surface area contributed by atoms with Crippen molar-refractivity contribution in [2.24, 2.45) is 10.2 Å². The maximum Gasteiger partial charge on any atom is 0.119 e. The van der Waals surface area contributed by atoms with E-state index in [-0.39, 0.29) is 0 Å². The molecule has 4 aromatic rings. The molecule has 0 aliphatic heterocycles. The van der Waals surface area contributed by atoms with Gasteiger partial charge in [0, 0.05) is 22.3 Å². The molecule has 0 spiro atoms. The summed E-state index contributed by atoms with van der Waals surface area (Å²) in [5, 5.41) is 8.70. The fourth-order valence-electron chi connectivity index (χ4n) is 3.56. The third-order valence-electron chi connectivity index (χ3n) is 5.96. The molecular weight excluding hydrogens is 492 g/mol. The maximum absolute atomic E-state index is 5.70. The van der Waals surface area contributed by atoms with E-state index in [4.69, 9.17) is 9.47 Å². The summed E-state index contributed by atoms with van der Waals surface area (Å²) in [7, 11) is 0. The van der Waals surface area contributed by atoms with Gasteiger partial charge in [0.15, 0.2) is 0 Å². The molecule has 0 unspecified atom stereocenters. The highest BCUT2D eigenvalue weighted by Gasteiger charge is 1.96. The number of nitrogens with zero attached hydrogens (tertiary/aromatic N) is 2. The van der Waals surface area contributed by atoms with Gasteiger partial charge in [-0.1, -0.05) is 50.4 Å². The Balaban J connectivity index is 1.28. The minimum absolute atomic E-state index is 0.747. The highest BCUT2D eigenvalue weighted by atomic mass is 16.5. The predicted molar refractivity (Wildman–Crippen MR) is 163 cm³/mol. The van der Waals surface area contributed by atoms with Crippen LogP contribution in [0, 0.1) is 23.7 Å². The number of ether oxygens (including phenoxy) is 2. The van der Waals surface area contributed by atoms with Gasteiger partial charge in [0.05, 0.1) is 24.6 Å². The van der Waals surface area contributed by atoms with Crippen LogP contribution in [0.15, 0.2) is 107 Å². The van der Waals surface area contributed by atoms with Gasteiger partial charge in [-0.25, -0.2) is 0 Å². The van der Waals surface area contributed by atoms with Crippen molar-refractivity contribution >= 4 is 11.4 Å². The maximum atomic E-state index is 5.70.